The maximum absolute atomic E-state index is 3.58. The maximum atomic E-state index is 2.48. The van der Waals surface area contributed by atoms with Gasteiger partial charge in [-0.15, -0.1) is 0 Å². The van der Waals surface area contributed by atoms with Gasteiger partial charge in [0.1, 0.15) is 0 Å². The fourth-order valence-corrected chi connectivity index (χ4v) is 123. The Kier molecular flexibility index (Phi) is 1.85. The molecule has 1 spiro atoms. The van der Waals surface area contributed by atoms with Gasteiger partial charge in [-0.25, -0.2) is 0 Å². The summed E-state index contributed by atoms with van der Waals surface area (Å²) < 4.78 is 1.77. The van der Waals surface area contributed by atoms with Crippen LogP contribution in [-0.2, 0) is 31.0 Å². The third-order valence-corrected chi connectivity index (χ3v) is 74.5. The van der Waals surface area contributed by atoms with Crippen molar-refractivity contribution in [1.29, 1.82) is 0 Å². The van der Waals surface area contributed by atoms with Crippen LogP contribution in [0.4, 0.5) is 0 Å². The van der Waals surface area contributed by atoms with Gasteiger partial charge < -0.3 is 0 Å². The topological polar surface area (TPSA) is 0 Å². The van der Waals surface area contributed by atoms with Crippen LogP contribution >= 0.6 is 15.8 Å². The Hall–Kier alpha value is -1.75. The minimum atomic E-state index is -3.58. The molecule has 0 radical (unpaired) electrons. The molecule has 0 N–H and O–H groups in total. The van der Waals surface area contributed by atoms with Crippen molar-refractivity contribution in [2.75, 3.05) is 0 Å². The summed E-state index contributed by atoms with van der Waals surface area (Å²) in [7, 11) is -0.0950. The molecular weight excluding hydrogens is 577 g/mol. The van der Waals surface area contributed by atoms with E-state index in [-0.39, 0.29) is 15.8 Å². The summed E-state index contributed by atoms with van der Waals surface area (Å²) >= 11 is 0. The fourth-order valence-electron chi connectivity index (χ4n) is 20.8. The Bertz CT molecular complexity index is 1970. The van der Waals surface area contributed by atoms with Gasteiger partial charge in [-0.1, -0.05) is 0 Å². The summed E-state index contributed by atoms with van der Waals surface area (Å²) in [5, 5.41) is 0. The number of hydrogen-bond donors (Lipinski definition) is 0. The van der Waals surface area contributed by atoms with Gasteiger partial charge in [-0.2, -0.15) is 0 Å². The summed E-state index contributed by atoms with van der Waals surface area (Å²) in [6, 6.07) is 47.3. The Morgan fingerprint density at radius 3 is 0.878 bits per heavy atom. The van der Waals surface area contributed by atoms with Crippen molar-refractivity contribution in [3.63, 3.8) is 0 Å². The van der Waals surface area contributed by atoms with Gasteiger partial charge >= 0.3 is 237 Å². The molecule has 207 valence electrons. The van der Waals surface area contributed by atoms with E-state index in [4.69, 9.17) is 0 Å². The van der Waals surface area contributed by atoms with Crippen molar-refractivity contribution in [2.45, 2.75) is 71.6 Å². The second-order valence-electron chi connectivity index (χ2n) is 16.9. The molecule has 0 aromatic heterocycles. The fraction of sp³-hybridized carbons (Fsp3) is 0.368. The van der Waals surface area contributed by atoms with Gasteiger partial charge in [0.15, 0.2) is 0 Å². The first-order valence-electron chi connectivity index (χ1n) is 15.8. The average molecular weight is 614 g/mol. The minimum absolute atomic E-state index is 0.0475. The van der Waals surface area contributed by atoms with Crippen LogP contribution in [0.2, 0.25) is 38.8 Å². The first-order chi connectivity index (χ1) is 20.0. The van der Waals surface area contributed by atoms with Crippen molar-refractivity contribution in [1.82, 2.24) is 0 Å². The molecule has 4 aromatic carbocycles. The molecule has 3 heteroatoms. The third kappa shape index (κ3) is 0.618. The van der Waals surface area contributed by atoms with E-state index in [0.29, 0.717) is 0 Å². The molecule has 4 unspecified atom stereocenters. The van der Waals surface area contributed by atoms with Gasteiger partial charge in [0.2, 0.25) is 0 Å². The summed E-state index contributed by atoms with van der Waals surface area (Å²) in [6.07, 6.45) is 2.02. The molecule has 4 aromatic rings. The number of rotatable bonds is 10. The van der Waals surface area contributed by atoms with Crippen LogP contribution in [0.15, 0.2) is 121 Å². The van der Waals surface area contributed by atoms with Crippen molar-refractivity contribution in [3.8, 4) is 0 Å². The molecule has 0 nitrogen and oxygen atoms in total. The Morgan fingerprint density at radius 1 is 0.390 bits per heavy atom. The van der Waals surface area contributed by atoms with Crippen LogP contribution in [0, 0.1) is 0 Å². The third-order valence-electron chi connectivity index (χ3n) is 19.7. The van der Waals surface area contributed by atoms with E-state index in [9.17, 15) is 0 Å². The van der Waals surface area contributed by atoms with E-state index >= 15 is 0 Å². The van der Waals surface area contributed by atoms with E-state index in [2.05, 4.69) is 121 Å². The Balaban J connectivity index is 1.02. The second kappa shape index (κ2) is 3.61. The van der Waals surface area contributed by atoms with Crippen molar-refractivity contribution in [3.05, 3.63) is 144 Å². The van der Waals surface area contributed by atoms with Crippen molar-refractivity contribution >= 4 is 15.8 Å². The molecule has 10 aliphatic rings. The molecule has 14 rings (SSSR count). The number of benzene rings is 4. The standard InChI is InChI=1S/C33H31P2.C5H5.Co/c1-5-14-28(15-6-1)24-34(25-29-16-7-2-8-17-29)32-22-13-23-33(32)35(26-30-18-9-3-10-19-30)27-31-20-11-4-12-21-31;1-2-4-5-3-1;/h1-23H,24-27H2;1-5H;. The van der Waals surface area contributed by atoms with Gasteiger partial charge in [0.05, 0.1) is 0 Å². The monoisotopic (exact) mass is 613 g/mol. The van der Waals surface area contributed by atoms with E-state index in [0.717, 1.165) is 8.18 Å². The number of fused-ring (bicyclic) bond motifs is 10. The summed E-state index contributed by atoms with van der Waals surface area (Å²) in [5.41, 5.74) is 6.59. The van der Waals surface area contributed by atoms with Crippen LogP contribution in [0.3, 0.4) is 0 Å². The average Bonchev–Trinajstić information content (AvgIpc) is 3.97. The Morgan fingerprint density at radius 2 is 0.659 bits per heavy atom. The van der Waals surface area contributed by atoms with Crippen LogP contribution in [0.25, 0.3) is 0 Å². The van der Waals surface area contributed by atoms with Crippen LogP contribution < -0.4 is 0 Å². The first kappa shape index (κ1) is 21.0. The normalized spacial score (nSPS) is 58.1. The molecule has 0 saturated carbocycles. The van der Waals surface area contributed by atoms with E-state index in [1.165, 1.54) is 63.5 Å². The molecule has 41 heavy (non-hydrogen) atoms. The van der Waals surface area contributed by atoms with E-state index < -0.39 is 6.37 Å². The summed E-state index contributed by atoms with van der Waals surface area (Å²) in [5.74, 6) is 0. The van der Waals surface area contributed by atoms with Crippen molar-refractivity contribution < 1.29 is 6.37 Å². The second-order valence-corrected chi connectivity index (χ2v) is 44.4. The van der Waals surface area contributed by atoms with E-state index in [1.807, 2.05) is 0 Å². The van der Waals surface area contributed by atoms with Crippen molar-refractivity contribution in [2.24, 2.45) is 0 Å². The molecule has 10 aliphatic heterocycles. The molecule has 0 aliphatic carbocycles. The molecule has 4 atom stereocenters. The predicted octanol–water partition coefficient (Wildman–Crippen LogP) is 11.0. The zero-order valence-corrected chi connectivity index (χ0v) is 26.1. The molecule has 0 bridgehead atoms. The van der Waals surface area contributed by atoms with Gasteiger partial charge in [0, 0.05) is 0 Å². The van der Waals surface area contributed by atoms with Gasteiger partial charge in [-0.05, 0) is 0 Å². The zero-order chi connectivity index (χ0) is 26.4. The predicted molar refractivity (Wildman–Crippen MR) is 170 cm³/mol. The zero-order valence-electron chi connectivity index (χ0n) is 23.2. The SMILES string of the molecule is c1ccc(CP(Cc2ccccc2)[C]23[CH]4[CH]5[CH]6[C]2(P(Cc2ccccc2)Cc2ccccc2)[Co]54632789[CH]3[CH]2[CH]7[CH]8[CH]39)cc1. The van der Waals surface area contributed by atoms with Crippen LogP contribution in [0.5, 0.6) is 0 Å². The molecule has 0 amide bonds. The summed E-state index contributed by atoms with van der Waals surface area (Å²) in [6.45, 7) is 0. The van der Waals surface area contributed by atoms with E-state index in [1.54, 1.807) is 22.3 Å². The van der Waals surface area contributed by atoms with Crippen LogP contribution in [-0.4, -0.2) is 8.18 Å². The number of hydrogen-bond acceptors (Lipinski definition) is 0. The Labute approximate surface area is 236 Å². The van der Waals surface area contributed by atoms with Gasteiger partial charge in [-0.3, -0.25) is 0 Å². The summed E-state index contributed by atoms with van der Waals surface area (Å²) in [4.78, 5) is 10.7. The molecule has 10 heterocycles. The van der Waals surface area contributed by atoms with Gasteiger partial charge in [0.25, 0.3) is 0 Å². The molecular formula is C38H36CoP2. The molecule has 10 fully saturated rings. The first-order valence-corrected chi connectivity index (χ1v) is 25.1. The molecule has 10 saturated heterocycles. The quantitative estimate of drug-likeness (QED) is 0.156. The van der Waals surface area contributed by atoms with Crippen LogP contribution in [0.1, 0.15) is 22.3 Å².